The third-order valence-electron chi connectivity index (χ3n) is 7.86. The summed E-state index contributed by atoms with van der Waals surface area (Å²) in [5.74, 6) is -0.553. The van der Waals surface area contributed by atoms with Gasteiger partial charge in [-0.2, -0.15) is 13.2 Å². The number of benzene rings is 2. The van der Waals surface area contributed by atoms with Gasteiger partial charge in [0, 0.05) is 6.04 Å². The molecule has 186 valence electrons. The molecule has 1 saturated heterocycles. The average molecular weight is 478 g/mol. The van der Waals surface area contributed by atoms with Crippen LogP contribution in [0.3, 0.4) is 0 Å². The molecule has 1 atom stereocenters. The first-order valence-electron chi connectivity index (χ1n) is 12.4. The Bertz CT molecular complexity index is 1010. The van der Waals surface area contributed by atoms with Crippen LogP contribution in [0.5, 0.6) is 5.75 Å². The Hall–Kier alpha value is -2.28. The van der Waals surface area contributed by atoms with Crippen LogP contribution in [-0.4, -0.2) is 35.2 Å². The summed E-state index contributed by atoms with van der Waals surface area (Å²) in [5.41, 5.74) is 0.105. The van der Waals surface area contributed by atoms with Crippen LogP contribution in [0, 0.1) is 11.8 Å². The number of nitrogens with zero attached hydrogens (tertiary/aromatic N) is 1. The minimum absolute atomic E-state index is 0.0768. The van der Waals surface area contributed by atoms with Gasteiger partial charge in [-0.05, 0) is 92.9 Å². The number of hydrogen-bond acceptors (Lipinski definition) is 3. The highest BCUT2D eigenvalue weighted by molar-refractivity contribution is 5.89. The molecule has 1 N–H and O–H groups in total. The van der Waals surface area contributed by atoms with Crippen molar-refractivity contribution in [1.29, 1.82) is 0 Å². The lowest BCUT2D eigenvalue weighted by atomic mass is 9.86. The molecule has 1 heterocycles. The number of carboxylic acid groups (broad SMARTS) is 1. The van der Waals surface area contributed by atoms with E-state index in [-0.39, 0.29) is 29.2 Å². The first-order chi connectivity index (χ1) is 16.2. The molecule has 1 aliphatic carbocycles. The van der Waals surface area contributed by atoms with Crippen molar-refractivity contribution < 1.29 is 27.8 Å². The van der Waals surface area contributed by atoms with Gasteiger partial charge in [-0.3, -0.25) is 9.69 Å². The Balaban J connectivity index is 1.61. The molecule has 1 aliphatic heterocycles. The molecule has 0 radical (unpaired) electrons. The first kappa shape index (κ1) is 24.8. The highest BCUT2D eigenvalue weighted by Crippen LogP contribution is 2.43. The van der Waals surface area contributed by atoms with E-state index < -0.39 is 17.7 Å². The maximum Gasteiger partial charge on any atom is 0.420 e. The zero-order valence-corrected chi connectivity index (χ0v) is 19.9. The molecule has 0 aromatic heterocycles. The van der Waals surface area contributed by atoms with Gasteiger partial charge in [0.25, 0.3) is 0 Å². The van der Waals surface area contributed by atoms with Crippen molar-refractivity contribution in [2.24, 2.45) is 11.8 Å². The van der Waals surface area contributed by atoms with E-state index in [2.05, 4.69) is 11.8 Å². The summed E-state index contributed by atoms with van der Waals surface area (Å²) < 4.78 is 48.9. The van der Waals surface area contributed by atoms with Gasteiger partial charge in [-0.1, -0.05) is 31.5 Å². The number of alkyl halides is 3. The molecule has 0 bridgehead atoms. The van der Waals surface area contributed by atoms with Crippen LogP contribution >= 0.6 is 0 Å². The van der Waals surface area contributed by atoms with Gasteiger partial charge >= 0.3 is 12.1 Å². The molecule has 2 aliphatic rings. The molecular weight excluding hydrogens is 443 g/mol. The number of aliphatic carboxylic acids is 1. The quantitative estimate of drug-likeness (QED) is 0.484. The number of carbonyl (C=O) groups is 1. The molecule has 7 heteroatoms. The van der Waals surface area contributed by atoms with Crippen LogP contribution < -0.4 is 4.74 Å². The predicted molar refractivity (Wildman–Crippen MR) is 126 cm³/mol. The maximum absolute atomic E-state index is 14.3. The Morgan fingerprint density at radius 1 is 1.09 bits per heavy atom. The summed E-state index contributed by atoms with van der Waals surface area (Å²) in [6.45, 7) is 5.36. The van der Waals surface area contributed by atoms with Crippen LogP contribution in [0.25, 0.3) is 10.8 Å². The Morgan fingerprint density at radius 2 is 1.74 bits per heavy atom. The SMILES string of the molecule is CCC1CCC(Oc2ccc3ccc(C(C)N4CCC(C(=O)O)CC4)cc3c2C(F)(F)F)CC1. The van der Waals surface area contributed by atoms with Gasteiger partial charge in [-0.25, -0.2) is 0 Å². The summed E-state index contributed by atoms with van der Waals surface area (Å²) in [6.07, 6.45) is 1.07. The second kappa shape index (κ2) is 10.1. The van der Waals surface area contributed by atoms with E-state index in [1.54, 1.807) is 18.2 Å². The number of ether oxygens (including phenoxy) is 1. The van der Waals surface area contributed by atoms with Crippen LogP contribution in [0.4, 0.5) is 13.2 Å². The van der Waals surface area contributed by atoms with Gasteiger partial charge in [0.05, 0.1) is 12.0 Å². The van der Waals surface area contributed by atoms with Crippen molar-refractivity contribution in [3.05, 3.63) is 41.5 Å². The number of piperidine rings is 1. The molecular formula is C27H34F3NO3. The predicted octanol–water partition coefficient (Wildman–Crippen LogP) is 7.06. The van der Waals surface area contributed by atoms with Gasteiger partial charge in [-0.15, -0.1) is 0 Å². The van der Waals surface area contributed by atoms with Crippen molar-refractivity contribution in [3.63, 3.8) is 0 Å². The van der Waals surface area contributed by atoms with Crippen molar-refractivity contribution in [2.45, 2.75) is 77.1 Å². The number of fused-ring (bicyclic) bond motifs is 1. The summed E-state index contributed by atoms with van der Waals surface area (Å²) in [6, 6.07) is 8.35. The van der Waals surface area contributed by atoms with E-state index in [4.69, 9.17) is 4.74 Å². The van der Waals surface area contributed by atoms with Crippen molar-refractivity contribution in [1.82, 2.24) is 4.90 Å². The molecule has 34 heavy (non-hydrogen) atoms. The molecule has 2 aromatic carbocycles. The van der Waals surface area contributed by atoms with Crippen LogP contribution in [0.2, 0.25) is 0 Å². The van der Waals surface area contributed by atoms with Gasteiger partial charge < -0.3 is 9.84 Å². The lowest BCUT2D eigenvalue weighted by Crippen LogP contribution is -2.37. The molecule has 2 aromatic rings. The zero-order chi connectivity index (χ0) is 24.5. The number of hydrogen-bond donors (Lipinski definition) is 1. The normalized spacial score (nSPS) is 23.7. The lowest BCUT2D eigenvalue weighted by Gasteiger charge is -2.35. The molecule has 0 spiro atoms. The summed E-state index contributed by atoms with van der Waals surface area (Å²) >= 11 is 0. The fraction of sp³-hybridized carbons (Fsp3) is 0.593. The number of carboxylic acids is 1. The standard InChI is InChI=1S/C27H34F3NO3/c1-3-18-4-9-22(10-5-18)34-24-11-8-19-6-7-21(16-23(19)25(24)27(28,29)30)17(2)31-14-12-20(13-15-31)26(32)33/h6-8,11,16-18,20,22H,3-5,9-10,12-15H2,1-2H3,(H,32,33). The van der Waals surface area contributed by atoms with Crippen molar-refractivity contribution in [3.8, 4) is 5.75 Å². The Morgan fingerprint density at radius 3 is 2.32 bits per heavy atom. The Kier molecular flexibility index (Phi) is 7.41. The van der Waals surface area contributed by atoms with E-state index in [9.17, 15) is 23.1 Å². The number of halogens is 3. The molecule has 2 fully saturated rings. The largest absolute Gasteiger partial charge is 0.490 e. The number of rotatable bonds is 6. The van der Waals surface area contributed by atoms with Gasteiger partial charge in [0.15, 0.2) is 0 Å². The fourth-order valence-electron chi connectivity index (χ4n) is 5.55. The third-order valence-corrected chi connectivity index (χ3v) is 7.86. The molecule has 4 rings (SSSR count). The van der Waals surface area contributed by atoms with Crippen LogP contribution in [-0.2, 0) is 11.0 Å². The summed E-state index contributed by atoms with van der Waals surface area (Å²) in [7, 11) is 0. The summed E-state index contributed by atoms with van der Waals surface area (Å²) in [4.78, 5) is 13.4. The fourth-order valence-corrected chi connectivity index (χ4v) is 5.55. The Labute approximate surface area is 199 Å². The van der Waals surface area contributed by atoms with Crippen molar-refractivity contribution in [2.75, 3.05) is 13.1 Å². The highest BCUT2D eigenvalue weighted by Gasteiger charge is 2.38. The smallest absolute Gasteiger partial charge is 0.420 e. The van der Waals surface area contributed by atoms with Crippen molar-refractivity contribution >= 4 is 16.7 Å². The first-order valence-corrected chi connectivity index (χ1v) is 12.4. The topological polar surface area (TPSA) is 49.8 Å². The minimum atomic E-state index is -4.53. The van der Waals surface area contributed by atoms with Crippen LogP contribution in [0.1, 0.15) is 76.0 Å². The summed E-state index contributed by atoms with van der Waals surface area (Å²) in [5, 5.41) is 9.94. The van der Waals surface area contributed by atoms with E-state index in [1.807, 2.05) is 13.0 Å². The van der Waals surface area contributed by atoms with E-state index in [1.165, 1.54) is 6.07 Å². The number of likely N-dealkylation sites (tertiary alicyclic amines) is 1. The van der Waals surface area contributed by atoms with Crippen LogP contribution in [0.15, 0.2) is 30.3 Å². The third kappa shape index (κ3) is 5.35. The second-order valence-electron chi connectivity index (χ2n) is 9.91. The molecule has 1 saturated carbocycles. The maximum atomic E-state index is 14.3. The average Bonchev–Trinajstić information content (AvgIpc) is 2.82. The van der Waals surface area contributed by atoms with E-state index in [0.29, 0.717) is 37.2 Å². The highest BCUT2D eigenvalue weighted by atomic mass is 19.4. The van der Waals surface area contributed by atoms with E-state index >= 15 is 0 Å². The monoisotopic (exact) mass is 477 g/mol. The van der Waals surface area contributed by atoms with Gasteiger partial charge in [0.1, 0.15) is 11.3 Å². The molecule has 0 amide bonds. The lowest BCUT2D eigenvalue weighted by molar-refractivity contribution is -0.143. The minimum Gasteiger partial charge on any atom is -0.490 e. The van der Waals surface area contributed by atoms with E-state index in [0.717, 1.165) is 37.7 Å². The molecule has 4 nitrogen and oxygen atoms in total. The van der Waals surface area contributed by atoms with Gasteiger partial charge in [0.2, 0.25) is 0 Å². The zero-order valence-electron chi connectivity index (χ0n) is 19.9. The second-order valence-corrected chi connectivity index (χ2v) is 9.91. The molecule has 1 unspecified atom stereocenters.